The van der Waals surface area contributed by atoms with Gasteiger partial charge in [-0.1, -0.05) is 33.6 Å². The molecule has 4 heteroatoms. The van der Waals surface area contributed by atoms with Crippen LogP contribution in [0.4, 0.5) is 0 Å². The quantitative estimate of drug-likeness (QED) is 0.840. The third-order valence-corrected chi connectivity index (χ3v) is 5.31. The Balaban J connectivity index is 2.24. The van der Waals surface area contributed by atoms with Gasteiger partial charge in [0.1, 0.15) is 11.6 Å². The summed E-state index contributed by atoms with van der Waals surface area (Å²) >= 11 is 0. The van der Waals surface area contributed by atoms with Crippen molar-refractivity contribution in [2.45, 2.75) is 71.4 Å². The first-order valence-corrected chi connectivity index (χ1v) is 8.06. The van der Waals surface area contributed by atoms with Gasteiger partial charge in [0.15, 0.2) is 0 Å². The van der Waals surface area contributed by atoms with Crippen LogP contribution >= 0.6 is 0 Å². The molecule has 2 aliphatic rings. The van der Waals surface area contributed by atoms with E-state index >= 15 is 0 Å². The van der Waals surface area contributed by atoms with Gasteiger partial charge in [-0.3, -0.25) is 9.59 Å². The molecule has 0 aromatic carbocycles. The molecule has 1 saturated carbocycles. The lowest BCUT2D eigenvalue weighted by molar-refractivity contribution is -0.158. The molecule has 2 amide bonds. The number of rotatable bonds is 5. The smallest absolute Gasteiger partial charge is 0.248 e. The SMILES string of the molecule is CCC(C)C1C(=O)NC(C)(CC)C(=O)N1CC1CCC1. The summed E-state index contributed by atoms with van der Waals surface area (Å²) in [6, 6.07) is -0.285. The van der Waals surface area contributed by atoms with Crippen molar-refractivity contribution in [2.24, 2.45) is 11.8 Å². The van der Waals surface area contributed by atoms with Crippen molar-refractivity contribution < 1.29 is 9.59 Å². The zero-order valence-corrected chi connectivity index (χ0v) is 13.2. The summed E-state index contributed by atoms with van der Waals surface area (Å²) in [6.07, 6.45) is 5.21. The van der Waals surface area contributed by atoms with E-state index in [0.717, 1.165) is 13.0 Å². The summed E-state index contributed by atoms with van der Waals surface area (Å²) in [7, 11) is 0. The van der Waals surface area contributed by atoms with Gasteiger partial charge < -0.3 is 10.2 Å². The van der Waals surface area contributed by atoms with E-state index in [1.165, 1.54) is 19.3 Å². The molecule has 114 valence electrons. The second-order valence-electron chi connectivity index (χ2n) is 6.76. The summed E-state index contributed by atoms with van der Waals surface area (Å²) in [5, 5.41) is 2.97. The van der Waals surface area contributed by atoms with E-state index in [1.54, 1.807) is 0 Å². The molecule has 4 nitrogen and oxygen atoms in total. The standard InChI is InChI=1S/C16H28N2O2/c1-5-11(3)13-14(19)17-16(4,6-2)15(20)18(13)10-12-8-7-9-12/h11-13H,5-10H2,1-4H3,(H,17,19). The number of amides is 2. The van der Waals surface area contributed by atoms with Gasteiger partial charge in [-0.2, -0.15) is 0 Å². The van der Waals surface area contributed by atoms with Crippen LogP contribution in [0.25, 0.3) is 0 Å². The molecule has 1 N–H and O–H groups in total. The van der Waals surface area contributed by atoms with Crippen LogP contribution in [-0.2, 0) is 9.59 Å². The number of nitrogens with one attached hydrogen (secondary N) is 1. The summed E-state index contributed by atoms with van der Waals surface area (Å²) in [5.41, 5.74) is -0.717. The Bertz CT molecular complexity index is 392. The second kappa shape index (κ2) is 5.74. The van der Waals surface area contributed by atoms with E-state index < -0.39 is 5.54 Å². The van der Waals surface area contributed by atoms with Crippen molar-refractivity contribution in [2.75, 3.05) is 6.54 Å². The van der Waals surface area contributed by atoms with Crippen LogP contribution in [-0.4, -0.2) is 34.8 Å². The molecular weight excluding hydrogens is 252 g/mol. The van der Waals surface area contributed by atoms with Gasteiger partial charge in [0.05, 0.1) is 0 Å². The molecule has 0 radical (unpaired) electrons. The molecule has 0 spiro atoms. The summed E-state index contributed by atoms with van der Waals surface area (Å²) < 4.78 is 0. The average Bonchev–Trinajstić information content (AvgIpc) is 2.38. The molecule has 1 aliphatic heterocycles. The van der Waals surface area contributed by atoms with Gasteiger partial charge in [-0.15, -0.1) is 0 Å². The molecule has 1 aliphatic carbocycles. The lowest BCUT2D eigenvalue weighted by Crippen LogP contribution is -2.70. The fraction of sp³-hybridized carbons (Fsp3) is 0.875. The Kier molecular flexibility index (Phi) is 4.40. The molecule has 2 rings (SSSR count). The number of nitrogens with zero attached hydrogens (tertiary/aromatic N) is 1. The van der Waals surface area contributed by atoms with Gasteiger partial charge in [0.2, 0.25) is 11.8 Å². The highest BCUT2D eigenvalue weighted by Gasteiger charge is 2.48. The molecular formula is C16H28N2O2. The van der Waals surface area contributed by atoms with Crippen molar-refractivity contribution in [3.63, 3.8) is 0 Å². The molecule has 3 atom stereocenters. The van der Waals surface area contributed by atoms with Crippen LogP contribution in [0.2, 0.25) is 0 Å². The highest BCUT2D eigenvalue weighted by molar-refractivity contribution is 5.99. The minimum atomic E-state index is -0.717. The highest BCUT2D eigenvalue weighted by atomic mass is 16.2. The molecule has 1 heterocycles. The maximum absolute atomic E-state index is 12.8. The molecule has 1 saturated heterocycles. The van der Waals surface area contributed by atoms with E-state index in [9.17, 15) is 9.59 Å². The predicted octanol–water partition coefficient (Wildman–Crippen LogP) is 2.33. The Hall–Kier alpha value is -1.06. The summed E-state index contributed by atoms with van der Waals surface area (Å²) in [6.45, 7) is 8.73. The molecule has 0 bridgehead atoms. The van der Waals surface area contributed by atoms with Crippen LogP contribution in [0.3, 0.4) is 0 Å². The molecule has 20 heavy (non-hydrogen) atoms. The van der Waals surface area contributed by atoms with E-state index in [4.69, 9.17) is 0 Å². The number of hydrogen-bond donors (Lipinski definition) is 1. The van der Waals surface area contributed by atoms with Crippen molar-refractivity contribution in [3.8, 4) is 0 Å². The maximum Gasteiger partial charge on any atom is 0.248 e. The molecule has 0 aromatic rings. The summed E-state index contributed by atoms with van der Waals surface area (Å²) in [4.78, 5) is 27.2. The van der Waals surface area contributed by atoms with Gasteiger partial charge >= 0.3 is 0 Å². The fourth-order valence-electron chi connectivity index (χ4n) is 3.16. The Morgan fingerprint density at radius 2 is 2.00 bits per heavy atom. The highest BCUT2D eigenvalue weighted by Crippen LogP contribution is 2.32. The van der Waals surface area contributed by atoms with Gasteiger partial charge in [-0.05, 0) is 38.0 Å². The minimum Gasteiger partial charge on any atom is -0.340 e. The third-order valence-electron chi connectivity index (χ3n) is 5.31. The number of piperazine rings is 1. The zero-order chi connectivity index (χ0) is 14.9. The van der Waals surface area contributed by atoms with Gasteiger partial charge in [0.25, 0.3) is 0 Å². The van der Waals surface area contributed by atoms with Crippen LogP contribution in [0.15, 0.2) is 0 Å². The first-order valence-electron chi connectivity index (χ1n) is 8.06. The van der Waals surface area contributed by atoms with Crippen LogP contribution < -0.4 is 5.32 Å². The predicted molar refractivity (Wildman–Crippen MR) is 79.1 cm³/mol. The first-order chi connectivity index (χ1) is 9.42. The third kappa shape index (κ3) is 2.57. The molecule has 2 fully saturated rings. The van der Waals surface area contributed by atoms with Gasteiger partial charge in [-0.25, -0.2) is 0 Å². The lowest BCUT2D eigenvalue weighted by Gasteiger charge is -2.48. The normalized spacial score (nSPS) is 32.8. The van der Waals surface area contributed by atoms with Crippen LogP contribution in [0.5, 0.6) is 0 Å². The number of carbonyl (C=O) groups excluding carboxylic acids is 2. The van der Waals surface area contributed by atoms with Crippen molar-refractivity contribution in [1.82, 2.24) is 10.2 Å². The van der Waals surface area contributed by atoms with Crippen LogP contribution in [0, 0.1) is 11.8 Å². The van der Waals surface area contributed by atoms with E-state index in [0.29, 0.717) is 12.3 Å². The minimum absolute atomic E-state index is 0.0302. The number of hydrogen-bond acceptors (Lipinski definition) is 2. The Morgan fingerprint density at radius 3 is 2.45 bits per heavy atom. The topological polar surface area (TPSA) is 49.4 Å². The van der Waals surface area contributed by atoms with E-state index in [2.05, 4.69) is 19.2 Å². The Labute approximate surface area is 122 Å². The first kappa shape index (κ1) is 15.3. The van der Waals surface area contributed by atoms with E-state index in [1.807, 2.05) is 18.7 Å². The maximum atomic E-state index is 12.8. The molecule has 0 aromatic heterocycles. The second-order valence-corrected chi connectivity index (χ2v) is 6.76. The zero-order valence-electron chi connectivity index (χ0n) is 13.2. The number of carbonyl (C=O) groups is 2. The summed E-state index contributed by atoms with van der Waals surface area (Å²) in [5.74, 6) is 0.942. The van der Waals surface area contributed by atoms with Gasteiger partial charge in [0, 0.05) is 6.54 Å². The fourth-order valence-corrected chi connectivity index (χ4v) is 3.16. The molecule has 3 unspecified atom stereocenters. The van der Waals surface area contributed by atoms with E-state index in [-0.39, 0.29) is 23.8 Å². The van der Waals surface area contributed by atoms with Crippen LogP contribution in [0.1, 0.15) is 59.8 Å². The monoisotopic (exact) mass is 280 g/mol. The van der Waals surface area contributed by atoms with Crippen molar-refractivity contribution >= 4 is 11.8 Å². The van der Waals surface area contributed by atoms with Crippen molar-refractivity contribution in [1.29, 1.82) is 0 Å². The largest absolute Gasteiger partial charge is 0.340 e. The lowest BCUT2D eigenvalue weighted by atomic mass is 9.81. The average molecular weight is 280 g/mol. The Morgan fingerprint density at radius 1 is 1.35 bits per heavy atom. The van der Waals surface area contributed by atoms with Crippen molar-refractivity contribution in [3.05, 3.63) is 0 Å².